The van der Waals surface area contributed by atoms with Crippen molar-refractivity contribution in [1.29, 1.82) is 0 Å². The Balaban J connectivity index is 3.65. The number of carbonyl (C=O) groups is 1. The molecule has 1 rings (SSSR count). The van der Waals surface area contributed by atoms with Gasteiger partial charge >= 0.3 is 12.1 Å². The summed E-state index contributed by atoms with van der Waals surface area (Å²) in [6.07, 6.45) is -2.34. The summed E-state index contributed by atoms with van der Waals surface area (Å²) in [4.78, 5) is 11.3. The van der Waals surface area contributed by atoms with E-state index in [1.54, 1.807) is 6.07 Å². The number of thioether (sulfide) groups is 1. The quantitative estimate of drug-likeness (QED) is 0.773. The summed E-state index contributed by atoms with van der Waals surface area (Å²) in [6, 6.07) is 6.80. The molecule has 21 heavy (non-hydrogen) atoms. The van der Waals surface area contributed by atoms with Crippen LogP contribution in [0.4, 0.5) is 13.2 Å². The number of hydrogen-bond acceptors (Lipinski definition) is 4. The molecule has 0 aliphatic rings. The number of halogens is 3. The monoisotopic (exact) mass is 340 g/mol. The lowest BCUT2D eigenvalue weighted by Gasteiger charge is -2.39. The highest BCUT2D eigenvalue weighted by Crippen LogP contribution is 2.49. The highest BCUT2D eigenvalue weighted by molar-refractivity contribution is 8.10. The number of benzene rings is 1. The lowest BCUT2D eigenvalue weighted by atomic mass is 9.94. The first kappa shape index (κ1) is 18.0. The third kappa shape index (κ3) is 3.60. The van der Waals surface area contributed by atoms with Gasteiger partial charge in [-0.1, -0.05) is 30.3 Å². The zero-order chi connectivity index (χ0) is 16.3. The molecular formula is C13H15F3O3S2. The maximum Gasteiger partial charge on any atom is 0.434 e. The van der Waals surface area contributed by atoms with Gasteiger partial charge in [-0.25, -0.2) is 0 Å². The molecule has 118 valence electrons. The molecule has 0 aromatic heterocycles. The molecule has 0 bridgehead atoms. The Bertz CT molecular complexity index is 519. The first-order chi connectivity index (χ1) is 9.66. The van der Waals surface area contributed by atoms with E-state index in [0.717, 1.165) is 24.9 Å². The van der Waals surface area contributed by atoms with Crippen molar-refractivity contribution in [3.63, 3.8) is 0 Å². The Hall–Kier alpha value is -1.02. The molecule has 0 amide bonds. The zero-order valence-corrected chi connectivity index (χ0v) is 13.3. The van der Waals surface area contributed by atoms with E-state index in [-0.39, 0.29) is 5.56 Å². The molecule has 8 heteroatoms. The van der Waals surface area contributed by atoms with Gasteiger partial charge in [-0.05, 0) is 6.26 Å². The van der Waals surface area contributed by atoms with Crippen molar-refractivity contribution in [2.24, 2.45) is 0 Å². The fraction of sp³-hybridized carbons (Fsp3) is 0.462. The second kappa shape index (κ2) is 6.83. The minimum atomic E-state index is -4.90. The lowest BCUT2D eigenvalue weighted by Crippen LogP contribution is -2.54. The van der Waals surface area contributed by atoms with Gasteiger partial charge in [0.25, 0.3) is 5.60 Å². The van der Waals surface area contributed by atoms with E-state index >= 15 is 0 Å². The molecule has 0 heterocycles. The van der Waals surface area contributed by atoms with Crippen LogP contribution in [0.5, 0.6) is 0 Å². The maximum atomic E-state index is 13.8. The molecule has 0 fully saturated rings. The average Bonchev–Trinajstić information content (AvgIpc) is 2.37. The molecule has 0 radical (unpaired) electrons. The summed E-state index contributed by atoms with van der Waals surface area (Å²) in [5.74, 6) is -1.08. The van der Waals surface area contributed by atoms with Crippen LogP contribution >= 0.6 is 11.8 Å². The van der Waals surface area contributed by atoms with E-state index in [1.165, 1.54) is 30.5 Å². The number of rotatable bonds is 5. The standard InChI is InChI=1S/C13H15F3O3S2/c1-9(17)19-12(13(14,15)16,11(20-2)21(3)18)10-7-5-4-6-8-10/h4-8,11H,1-3H3. The molecule has 0 aliphatic carbocycles. The fourth-order valence-corrected chi connectivity index (χ4v) is 4.57. The third-order valence-electron chi connectivity index (χ3n) is 2.78. The first-order valence-corrected chi connectivity index (χ1v) is 8.74. The number of hydrogen-bond donors (Lipinski definition) is 0. The van der Waals surface area contributed by atoms with Crippen molar-refractivity contribution in [3.8, 4) is 0 Å². The van der Waals surface area contributed by atoms with Crippen LogP contribution in [-0.2, 0) is 25.9 Å². The molecule has 0 spiro atoms. The second-order valence-corrected chi connectivity index (χ2v) is 6.97. The van der Waals surface area contributed by atoms with Crippen LogP contribution in [0.1, 0.15) is 12.5 Å². The average molecular weight is 340 g/mol. The van der Waals surface area contributed by atoms with E-state index < -0.39 is 33.1 Å². The van der Waals surface area contributed by atoms with Crippen LogP contribution < -0.4 is 0 Å². The number of alkyl halides is 3. The largest absolute Gasteiger partial charge is 0.442 e. The molecule has 0 aliphatic heterocycles. The number of carbonyl (C=O) groups excluding carboxylic acids is 1. The normalized spacial score (nSPS) is 17.6. The molecule has 0 N–H and O–H groups in total. The van der Waals surface area contributed by atoms with Crippen molar-refractivity contribution >= 4 is 28.5 Å². The molecule has 3 unspecified atom stereocenters. The van der Waals surface area contributed by atoms with Crippen molar-refractivity contribution < 1.29 is 26.9 Å². The maximum absolute atomic E-state index is 13.8. The summed E-state index contributed by atoms with van der Waals surface area (Å²) in [5, 5.41) is 0. The van der Waals surface area contributed by atoms with E-state index in [2.05, 4.69) is 0 Å². The van der Waals surface area contributed by atoms with Crippen LogP contribution in [0.3, 0.4) is 0 Å². The van der Waals surface area contributed by atoms with E-state index in [1.807, 2.05) is 0 Å². The smallest absolute Gasteiger partial charge is 0.434 e. The Morgan fingerprint density at radius 1 is 1.29 bits per heavy atom. The van der Waals surface area contributed by atoms with Crippen LogP contribution in [0.2, 0.25) is 0 Å². The lowest BCUT2D eigenvalue weighted by molar-refractivity contribution is -0.269. The molecule has 3 atom stereocenters. The first-order valence-electron chi connectivity index (χ1n) is 5.83. The van der Waals surface area contributed by atoms with E-state index in [4.69, 9.17) is 4.74 Å². The van der Waals surface area contributed by atoms with Gasteiger partial charge in [0.2, 0.25) is 0 Å². The summed E-state index contributed by atoms with van der Waals surface area (Å²) >= 11 is 0.751. The molecule has 3 nitrogen and oxygen atoms in total. The van der Waals surface area contributed by atoms with Crippen molar-refractivity contribution in [2.45, 2.75) is 23.3 Å². The van der Waals surface area contributed by atoms with Crippen LogP contribution in [0.25, 0.3) is 0 Å². The van der Waals surface area contributed by atoms with Gasteiger partial charge in [0.15, 0.2) is 0 Å². The predicted molar refractivity (Wildman–Crippen MR) is 77.3 cm³/mol. The summed E-state index contributed by atoms with van der Waals surface area (Å²) < 4.78 is 56.5. The van der Waals surface area contributed by atoms with Gasteiger partial charge in [-0.15, -0.1) is 11.8 Å². The second-order valence-electron chi connectivity index (χ2n) is 4.26. The highest BCUT2D eigenvalue weighted by atomic mass is 32.2. The van der Waals surface area contributed by atoms with Gasteiger partial charge in [0.1, 0.15) is 4.58 Å². The predicted octanol–water partition coefficient (Wildman–Crippen LogP) is 3.07. The van der Waals surface area contributed by atoms with Gasteiger partial charge in [0.05, 0.1) is 0 Å². The van der Waals surface area contributed by atoms with Gasteiger partial charge < -0.3 is 4.74 Å². The van der Waals surface area contributed by atoms with Gasteiger partial charge in [-0.2, -0.15) is 13.2 Å². The van der Waals surface area contributed by atoms with Crippen molar-refractivity contribution in [3.05, 3.63) is 35.9 Å². The Morgan fingerprint density at radius 2 is 1.81 bits per heavy atom. The molecular weight excluding hydrogens is 325 g/mol. The number of ether oxygens (including phenoxy) is 1. The van der Waals surface area contributed by atoms with Crippen LogP contribution in [0, 0.1) is 0 Å². The summed E-state index contributed by atoms with van der Waals surface area (Å²) in [5.41, 5.74) is -3.19. The van der Waals surface area contributed by atoms with Crippen molar-refractivity contribution in [2.75, 3.05) is 12.5 Å². The van der Waals surface area contributed by atoms with Gasteiger partial charge in [0, 0.05) is 29.5 Å². The van der Waals surface area contributed by atoms with Crippen LogP contribution in [-0.4, -0.2) is 33.4 Å². The van der Waals surface area contributed by atoms with E-state index in [9.17, 15) is 22.2 Å². The fourth-order valence-electron chi connectivity index (χ4n) is 2.05. The van der Waals surface area contributed by atoms with Crippen LogP contribution in [0.15, 0.2) is 30.3 Å². The minimum Gasteiger partial charge on any atom is -0.442 e. The Labute approximate surface area is 127 Å². The van der Waals surface area contributed by atoms with E-state index in [0.29, 0.717) is 0 Å². The summed E-state index contributed by atoms with van der Waals surface area (Å²) in [6.45, 7) is 0.902. The molecule has 0 saturated heterocycles. The third-order valence-corrected chi connectivity index (χ3v) is 5.86. The minimum absolute atomic E-state index is 0.248. The topological polar surface area (TPSA) is 43.4 Å². The van der Waals surface area contributed by atoms with Crippen molar-refractivity contribution in [1.82, 2.24) is 0 Å². The summed E-state index contributed by atoms with van der Waals surface area (Å²) in [7, 11) is -1.87. The number of esters is 1. The Morgan fingerprint density at radius 3 is 2.14 bits per heavy atom. The SMILES string of the molecule is CSC(S(C)=O)C(OC(C)=O)(c1ccccc1)C(F)(F)F. The van der Waals surface area contributed by atoms with Gasteiger partial charge in [-0.3, -0.25) is 9.00 Å². The molecule has 0 saturated carbocycles. The Kier molecular flexibility index (Phi) is 5.86. The molecule has 1 aromatic carbocycles. The highest BCUT2D eigenvalue weighted by Gasteiger charge is 2.65. The molecule has 1 aromatic rings. The zero-order valence-electron chi connectivity index (χ0n) is 11.6.